The molecule has 16 heteroatoms. The summed E-state index contributed by atoms with van der Waals surface area (Å²) in [5.74, 6) is 0.511. The number of benzene rings is 2. The van der Waals surface area contributed by atoms with E-state index in [1.165, 1.54) is 23.0 Å². The van der Waals surface area contributed by atoms with Gasteiger partial charge in [-0.25, -0.2) is 32.7 Å². The molecule has 2 aromatic carbocycles. The lowest BCUT2D eigenvalue weighted by atomic mass is 9.88. The second kappa shape index (κ2) is 17.5. The van der Waals surface area contributed by atoms with E-state index in [0.717, 1.165) is 75.4 Å². The number of nitrogens with one attached hydrogen (secondary N) is 2. The Morgan fingerprint density at radius 3 is 2.37 bits per heavy atom. The third kappa shape index (κ3) is 9.29. The van der Waals surface area contributed by atoms with E-state index in [0.29, 0.717) is 52.4 Å². The maximum absolute atomic E-state index is 16.0. The number of nitrogen functional groups attached to an aromatic ring is 1. The number of pyridine rings is 1. The van der Waals surface area contributed by atoms with Crippen LogP contribution in [0.1, 0.15) is 74.8 Å². The molecule has 1 atom stereocenters. The summed E-state index contributed by atoms with van der Waals surface area (Å²) in [5.41, 5.74) is 9.83. The minimum atomic E-state index is -3.72. The van der Waals surface area contributed by atoms with Crippen molar-refractivity contribution in [2.45, 2.75) is 63.7 Å². The summed E-state index contributed by atoms with van der Waals surface area (Å²) in [4.78, 5) is 47.4. The molecule has 0 bridgehead atoms. The number of halogens is 1. The summed E-state index contributed by atoms with van der Waals surface area (Å²) in [6.45, 7) is 6.86. The number of likely N-dealkylation sites (tertiary alicyclic amines) is 1. The molecule has 6 heterocycles. The standard InChI is InChI=1S/C43H48FN9O4S2/c1-2-24-59(56,57)51-34-5-3-4-33(38(34)44)39-40(35-14-19-46-43(45)48-35)58-42(50-39)30-8-6-28(7-9-30)29-17-20-52(21-18-29)26-27-15-22-53(23-16-27)36-12-10-31(25-47-36)32-11-13-37(54)49-41(32)55/h3-10,12,14,19,25,27,29,32,51H,2,11,13,15-18,20-24,26H2,1H3,(H2,45,46,48)(H,49,54,55)/t32-/m1/s1. The highest BCUT2D eigenvalue weighted by molar-refractivity contribution is 7.92. The van der Waals surface area contributed by atoms with Gasteiger partial charge in [0.25, 0.3) is 0 Å². The molecule has 2 amide bonds. The molecule has 3 aromatic heterocycles. The molecule has 0 saturated carbocycles. The van der Waals surface area contributed by atoms with Crippen LogP contribution in [0.15, 0.2) is 73.1 Å². The zero-order chi connectivity index (χ0) is 41.1. The topological polar surface area (TPSA) is 176 Å². The number of carbonyl (C=O) groups excluding carboxylic acids is 2. The average Bonchev–Trinajstić information content (AvgIpc) is 3.68. The molecule has 0 radical (unpaired) electrons. The van der Waals surface area contributed by atoms with Gasteiger partial charge in [-0.05, 0) is 98.8 Å². The molecule has 3 saturated heterocycles. The normalized spacial score (nSPS) is 18.5. The Morgan fingerprint density at radius 2 is 1.68 bits per heavy atom. The maximum Gasteiger partial charge on any atom is 0.234 e. The van der Waals surface area contributed by atoms with E-state index in [-0.39, 0.29) is 40.7 Å². The smallest absolute Gasteiger partial charge is 0.234 e. The fraction of sp³-hybridized carbons (Fsp3) is 0.395. The predicted octanol–water partition coefficient (Wildman–Crippen LogP) is 6.82. The maximum atomic E-state index is 16.0. The Kier molecular flexibility index (Phi) is 12.0. The van der Waals surface area contributed by atoms with Gasteiger partial charge in [0.15, 0.2) is 5.82 Å². The molecule has 0 aliphatic carbocycles. The number of sulfonamides is 1. The molecule has 0 unspecified atom stereocenters. The second-order valence-corrected chi connectivity index (χ2v) is 18.5. The minimum Gasteiger partial charge on any atom is -0.368 e. The van der Waals surface area contributed by atoms with Crippen LogP contribution in [0.2, 0.25) is 0 Å². The molecule has 0 spiro atoms. The summed E-state index contributed by atoms with van der Waals surface area (Å²) in [6.07, 6.45) is 9.00. The third-order valence-corrected chi connectivity index (χ3v) is 14.2. The van der Waals surface area contributed by atoms with E-state index in [1.54, 1.807) is 37.5 Å². The van der Waals surface area contributed by atoms with Crippen molar-refractivity contribution in [2.75, 3.05) is 53.8 Å². The fourth-order valence-electron chi connectivity index (χ4n) is 8.44. The molecule has 3 aliphatic rings. The highest BCUT2D eigenvalue weighted by Gasteiger charge is 2.30. The highest BCUT2D eigenvalue weighted by atomic mass is 32.2. The number of rotatable bonds is 12. The molecule has 13 nitrogen and oxygen atoms in total. The van der Waals surface area contributed by atoms with Crippen LogP contribution in [0.25, 0.3) is 32.4 Å². The SMILES string of the molecule is CCCS(=O)(=O)Nc1cccc(-c2nc(-c3ccc(C4CCN(CC5CCN(c6ccc([C@H]7CCC(=O)NC7=O)cn6)CC5)CC4)cc3)sc2-c2ccnc(N)n2)c1F. The van der Waals surface area contributed by atoms with Crippen molar-refractivity contribution in [3.63, 3.8) is 0 Å². The van der Waals surface area contributed by atoms with Gasteiger partial charge in [-0.15, -0.1) is 11.3 Å². The second-order valence-electron chi connectivity index (χ2n) is 15.7. The van der Waals surface area contributed by atoms with Gasteiger partial charge in [-0.3, -0.25) is 19.6 Å². The molecule has 8 rings (SSSR count). The largest absolute Gasteiger partial charge is 0.368 e. The number of hydrogen-bond acceptors (Lipinski definition) is 12. The molecular weight excluding hydrogens is 790 g/mol. The first-order valence-electron chi connectivity index (χ1n) is 20.3. The first kappa shape index (κ1) is 40.5. The number of piperidine rings is 3. The number of amides is 2. The van der Waals surface area contributed by atoms with Crippen LogP contribution in [-0.4, -0.2) is 83.5 Å². The van der Waals surface area contributed by atoms with Crippen LogP contribution < -0.4 is 20.7 Å². The lowest BCUT2D eigenvalue weighted by molar-refractivity contribution is -0.134. The summed E-state index contributed by atoms with van der Waals surface area (Å²) in [6, 6.07) is 18.8. The number of aromatic nitrogens is 4. The highest BCUT2D eigenvalue weighted by Crippen LogP contribution is 2.42. The van der Waals surface area contributed by atoms with Crippen LogP contribution in [0.3, 0.4) is 0 Å². The molecule has 3 fully saturated rings. The Balaban J connectivity index is 0.883. The van der Waals surface area contributed by atoms with E-state index < -0.39 is 15.8 Å². The molecule has 59 heavy (non-hydrogen) atoms. The van der Waals surface area contributed by atoms with Gasteiger partial charge in [0.1, 0.15) is 10.8 Å². The van der Waals surface area contributed by atoms with Gasteiger partial charge < -0.3 is 15.5 Å². The van der Waals surface area contributed by atoms with Crippen LogP contribution in [0.5, 0.6) is 0 Å². The first-order chi connectivity index (χ1) is 28.5. The Morgan fingerprint density at radius 1 is 0.915 bits per heavy atom. The van der Waals surface area contributed by atoms with Crippen molar-refractivity contribution >= 4 is 50.6 Å². The quantitative estimate of drug-likeness (QED) is 0.113. The average molecular weight is 838 g/mol. The molecule has 308 valence electrons. The summed E-state index contributed by atoms with van der Waals surface area (Å²) < 4.78 is 43.5. The Bertz CT molecular complexity index is 2410. The summed E-state index contributed by atoms with van der Waals surface area (Å²) in [7, 11) is -3.72. The van der Waals surface area contributed by atoms with Gasteiger partial charge in [0.2, 0.25) is 27.8 Å². The van der Waals surface area contributed by atoms with E-state index in [4.69, 9.17) is 15.7 Å². The number of nitrogens with two attached hydrogens (primary N) is 1. The fourth-order valence-corrected chi connectivity index (χ4v) is 10.6. The number of anilines is 3. The number of thiazole rings is 1. The lowest BCUT2D eigenvalue weighted by Crippen LogP contribution is -2.41. The number of imide groups is 1. The Labute approximate surface area is 347 Å². The predicted molar refractivity (Wildman–Crippen MR) is 229 cm³/mol. The van der Waals surface area contributed by atoms with E-state index in [9.17, 15) is 18.0 Å². The van der Waals surface area contributed by atoms with E-state index in [2.05, 4.69) is 54.1 Å². The molecular formula is C43H48FN9O4S2. The van der Waals surface area contributed by atoms with Crippen LogP contribution in [0, 0.1) is 11.7 Å². The van der Waals surface area contributed by atoms with Gasteiger partial charge in [0, 0.05) is 49.6 Å². The molecule has 4 N–H and O–H groups in total. The van der Waals surface area contributed by atoms with Gasteiger partial charge in [-0.1, -0.05) is 43.3 Å². The van der Waals surface area contributed by atoms with Gasteiger partial charge in [-0.2, -0.15) is 0 Å². The number of hydrogen-bond donors (Lipinski definition) is 3. The number of carbonyl (C=O) groups is 2. The zero-order valence-electron chi connectivity index (χ0n) is 32.9. The summed E-state index contributed by atoms with van der Waals surface area (Å²) in [5, 5.41) is 3.11. The lowest BCUT2D eigenvalue weighted by Gasteiger charge is -2.38. The van der Waals surface area contributed by atoms with Crippen molar-refractivity contribution in [3.8, 4) is 32.4 Å². The van der Waals surface area contributed by atoms with Crippen molar-refractivity contribution in [1.29, 1.82) is 0 Å². The minimum absolute atomic E-state index is 0.0796. The molecule has 3 aliphatic heterocycles. The zero-order valence-corrected chi connectivity index (χ0v) is 34.6. The first-order valence-corrected chi connectivity index (χ1v) is 22.8. The van der Waals surface area contributed by atoms with Crippen molar-refractivity contribution in [3.05, 3.63) is 90.0 Å². The van der Waals surface area contributed by atoms with Crippen molar-refractivity contribution in [1.82, 2.24) is 30.2 Å². The van der Waals surface area contributed by atoms with Crippen molar-refractivity contribution in [2.24, 2.45) is 5.92 Å². The van der Waals surface area contributed by atoms with Crippen LogP contribution in [0.4, 0.5) is 21.8 Å². The Hall–Kier alpha value is -5.32. The van der Waals surface area contributed by atoms with E-state index >= 15 is 4.39 Å². The van der Waals surface area contributed by atoms with Crippen molar-refractivity contribution < 1.29 is 22.4 Å². The monoisotopic (exact) mass is 837 g/mol. The van der Waals surface area contributed by atoms with Crippen LogP contribution in [-0.2, 0) is 19.6 Å². The van der Waals surface area contributed by atoms with Crippen LogP contribution >= 0.6 is 11.3 Å². The van der Waals surface area contributed by atoms with Gasteiger partial charge in [0.05, 0.1) is 33.6 Å². The van der Waals surface area contributed by atoms with Gasteiger partial charge >= 0.3 is 0 Å². The molecule has 5 aromatic rings. The third-order valence-electron chi connectivity index (χ3n) is 11.6. The van der Waals surface area contributed by atoms with E-state index in [1.807, 2.05) is 12.1 Å². The number of nitrogens with zero attached hydrogens (tertiary/aromatic N) is 6. The summed E-state index contributed by atoms with van der Waals surface area (Å²) >= 11 is 1.37.